The summed E-state index contributed by atoms with van der Waals surface area (Å²) in [4.78, 5) is 29.6. The van der Waals surface area contributed by atoms with Gasteiger partial charge in [0, 0.05) is 22.7 Å². The van der Waals surface area contributed by atoms with Gasteiger partial charge in [0.1, 0.15) is 0 Å². The van der Waals surface area contributed by atoms with E-state index in [-0.39, 0.29) is 23.5 Å². The van der Waals surface area contributed by atoms with E-state index in [1.807, 2.05) is 42.5 Å². The van der Waals surface area contributed by atoms with E-state index in [0.29, 0.717) is 39.2 Å². The third-order valence-corrected chi connectivity index (χ3v) is 7.69. The minimum absolute atomic E-state index is 0.0157. The molecular formula is C29H25Cl3N2O2. The molecule has 0 aromatic heterocycles. The van der Waals surface area contributed by atoms with Gasteiger partial charge in [0.2, 0.25) is 5.91 Å². The molecule has 1 heterocycles. The summed E-state index contributed by atoms with van der Waals surface area (Å²) in [7, 11) is 0. The van der Waals surface area contributed by atoms with Crippen LogP contribution in [0.3, 0.4) is 0 Å². The van der Waals surface area contributed by atoms with E-state index in [1.165, 1.54) is 0 Å². The Morgan fingerprint density at radius 3 is 2.42 bits per heavy atom. The first-order valence-electron chi connectivity index (χ1n) is 11.8. The van der Waals surface area contributed by atoms with E-state index >= 15 is 0 Å². The van der Waals surface area contributed by atoms with Gasteiger partial charge in [-0.05, 0) is 59.4 Å². The Balaban J connectivity index is 1.72. The maximum Gasteiger partial charge on any atom is 0.232 e. The summed E-state index contributed by atoms with van der Waals surface area (Å²) in [6, 6.07) is 19.5. The molecule has 7 heteroatoms. The molecule has 1 aliphatic heterocycles. The minimum Gasteiger partial charge on any atom is -0.357 e. The lowest BCUT2D eigenvalue weighted by molar-refractivity contribution is -0.119. The number of ketones is 1. The quantitative estimate of drug-likeness (QED) is 0.366. The zero-order valence-electron chi connectivity index (χ0n) is 19.9. The van der Waals surface area contributed by atoms with Gasteiger partial charge in [-0.15, -0.1) is 0 Å². The van der Waals surface area contributed by atoms with E-state index in [9.17, 15) is 9.59 Å². The fourth-order valence-electron chi connectivity index (χ4n) is 5.12. The molecule has 2 aliphatic rings. The highest BCUT2D eigenvalue weighted by Crippen LogP contribution is 2.49. The molecule has 0 fully saturated rings. The molecule has 3 aromatic rings. The van der Waals surface area contributed by atoms with Crippen LogP contribution in [0.25, 0.3) is 0 Å². The number of anilines is 2. The standard InChI is InChI=1S/C29H25Cl3N2O2/c1-29(2)15-23-27(25(35)16-29)28(18-9-12-20(31)21(32)14-18)34(24-6-4-3-5-22(24)33-23)26(36)13-17-7-10-19(30)11-8-17/h3-12,14,28,33H,13,15-16H2,1-2H3/t28-/m0/s1. The zero-order chi connectivity index (χ0) is 25.6. The first-order valence-corrected chi connectivity index (χ1v) is 12.9. The minimum atomic E-state index is -0.658. The summed E-state index contributed by atoms with van der Waals surface area (Å²) in [5, 5.41) is 4.91. The topological polar surface area (TPSA) is 49.4 Å². The van der Waals surface area contributed by atoms with Crippen molar-refractivity contribution >= 4 is 57.9 Å². The highest BCUT2D eigenvalue weighted by molar-refractivity contribution is 6.42. The van der Waals surface area contributed by atoms with Gasteiger partial charge >= 0.3 is 0 Å². The third kappa shape index (κ3) is 4.78. The van der Waals surface area contributed by atoms with Crippen LogP contribution < -0.4 is 10.2 Å². The van der Waals surface area contributed by atoms with Crippen LogP contribution in [0.15, 0.2) is 78.0 Å². The van der Waals surface area contributed by atoms with Gasteiger partial charge in [-0.3, -0.25) is 14.5 Å². The summed E-state index contributed by atoms with van der Waals surface area (Å²) >= 11 is 18.7. The van der Waals surface area contributed by atoms with Gasteiger partial charge in [0.05, 0.1) is 33.9 Å². The van der Waals surface area contributed by atoms with Gasteiger partial charge in [0.15, 0.2) is 5.78 Å². The highest BCUT2D eigenvalue weighted by atomic mass is 35.5. The van der Waals surface area contributed by atoms with Gasteiger partial charge in [-0.2, -0.15) is 0 Å². The van der Waals surface area contributed by atoms with Gasteiger partial charge < -0.3 is 5.32 Å². The Morgan fingerprint density at radius 2 is 1.69 bits per heavy atom. The van der Waals surface area contributed by atoms with Crippen molar-refractivity contribution in [3.05, 3.63) is 104 Å². The molecule has 1 aliphatic carbocycles. The molecular weight excluding hydrogens is 515 g/mol. The van der Waals surface area contributed by atoms with Crippen molar-refractivity contribution in [2.24, 2.45) is 5.41 Å². The van der Waals surface area contributed by atoms with E-state index < -0.39 is 6.04 Å². The summed E-state index contributed by atoms with van der Waals surface area (Å²) in [6.45, 7) is 4.18. The fraction of sp³-hybridized carbons (Fsp3) is 0.241. The number of carbonyl (C=O) groups excluding carboxylic acids is 2. The largest absolute Gasteiger partial charge is 0.357 e. The predicted molar refractivity (Wildman–Crippen MR) is 147 cm³/mol. The van der Waals surface area contributed by atoms with Gasteiger partial charge in [0.25, 0.3) is 0 Å². The van der Waals surface area contributed by atoms with Crippen molar-refractivity contribution in [3.8, 4) is 0 Å². The van der Waals surface area contributed by atoms with E-state index in [4.69, 9.17) is 34.8 Å². The van der Waals surface area contributed by atoms with Crippen molar-refractivity contribution in [2.45, 2.75) is 39.2 Å². The maximum atomic E-state index is 14.1. The van der Waals surface area contributed by atoms with Crippen LogP contribution in [0.2, 0.25) is 15.1 Å². The number of rotatable bonds is 3. The number of benzene rings is 3. The third-order valence-electron chi connectivity index (χ3n) is 6.70. The molecule has 1 N–H and O–H groups in total. The number of carbonyl (C=O) groups is 2. The van der Waals surface area contributed by atoms with Crippen molar-refractivity contribution in [1.82, 2.24) is 0 Å². The lowest BCUT2D eigenvalue weighted by Gasteiger charge is -2.37. The second kappa shape index (κ2) is 9.59. The number of Topliss-reactive ketones (excluding diaryl/α,β-unsaturated/α-hetero) is 1. The number of amides is 1. The number of halogens is 3. The summed E-state index contributed by atoms with van der Waals surface area (Å²) in [5.41, 5.74) is 4.26. The lowest BCUT2D eigenvalue weighted by Crippen LogP contribution is -2.40. The number of para-hydroxylation sites is 2. The molecule has 0 spiro atoms. The molecule has 4 nitrogen and oxygen atoms in total. The Labute approximate surface area is 225 Å². The van der Waals surface area contributed by atoms with Gasteiger partial charge in [-0.1, -0.05) is 79.0 Å². The van der Waals surface area contributed by atoms with Gasteiger partial charge in [-0.25, -0.2) is 0 Å². The number of nitrogens with one attached hydrogen (secondary N) is 1. The first-order chi connectivity index (χ1) is 17.1. The Kier molecular flexibility index (Phi) is 6.63. The van der Waals surface area contributed by atoms with Crippen molar-refractivity contribution < 1.29 is 9.59 Å². The summed E-state index contributed by atoms with van der Waals surface area (Å²) in [6.07, 6.45) is 1.21. The second-order valence-corrected chi connectivity index (χ2v) is 11.4. The van der Waals surface area contributed by atoms with E-state index in [2.05, 4.69) is 19.2 Å². The Bertz CT molecular complexity index is 1400. The number of nitrogens with zero attached hydrogens (tertiary/aromatic N) is 1. The highest BCUT2D eigenvalue weighted by Gasteiger charge is 2.43. The number of fused-ring (bicyclic) bond motifs is 1. The van der Waals surface area contributed by atoms with Crippen LogP contribution in [0.1, 0.15) is 43.9 Å². The monoisotopic (exact) mass is 538 g/mol. The number of hydrogen-bond donors (Lipinski definition) is 1. The molecule has 0 radical (unpaired) electrons. The van der Waals surface area contributed by atoms with Crippen LogP contribution in [0, 0.1) is 5.41 Å². The molecule has 0 saturated heterocycles. The average Bonchev–Trinajstić information content (AvgIpc) is 2.96. The molecule has 36 heavy (non-hydrogen) atoms. The van der Waals surface area contributed by atoms with Crippen LogP contribution in [-0.2, 0) is 16.0 Å². The SMILES string of the molecule is CC1(C)CC(=O)C2=C(C1)Nc1ccccc1N(C(=O)Cc1ccc(Cl)cc1)[C@H]2c1ccc(Cl)c(Cl)c1. The molecule has 3 aromatic carbocycles. The average molecular weight is 540 g/mol. The molecule has 0 bridgehead atoms. The summed E-state index contributed by atoms with van der Waals surface area (Å²) < 4.78 is 0. The van der Waals surface area contributed by atoms with Crippen molar-refractivity contribution in [1.29, 1.82) is 0 Å². The van der Waals surface area contributed by atoms with Crippen LogP contribution in [0.4, 0.5) is 11.4 Å². The Hall–Kier alpha value is -2.79. The number of hydrogen-bond acceptors (Lipinski definition) is 3. The predicted octanol–water partition coefficient (Wildman–Crippen LogP) is 8.03. The van der Waals surface area contributed by atoms with Crippen LogP contribution in [-0.4, -0.2) is 11.7 Å². The zero-order valence-corrected chi connectivity index (χ0v) is 22.2. The first kappa shape index (κ1) is 24.9. The van der Waals surface area contributed by atoms with Crippen LogP contribution >= 0.6 is 34.8 Å². The fourth-order valence-corrected chi connectivity index (χ4v) is 5.55. The van der Waals surface area contributed by atoms with E-state index in [0.717, 1.165) is 22.5 Å². The van der Waals surface area contributed by atoms with Crippen LogP contribution in [0.5, 0.6) is 0 Å². The molecule has 184 valence electrons. The Morgan fingerprint density at radius 1 is 0.972 bits per heavy atom. The normalized spacial score (nSPS) is 18.8. The number of allylic oxidation sites excluding steroid dienone is 1. The molecule has 0 unspecified atom stereocenters. The van der Waals surface area contributed by atoms with Crippen molar-refractivity contribution in [2.75, 3.05) is 10.2 Å². The summed E-state index contributed by atoms with van der Waals surface area (Å²) in [5.74, 6) is -0.129. The maximum absolute atomic E-state index is 14.1. The smallest absolute Gasteiger partial charge is 0.232 e. The molecule has 1 amide bonds. The molecule has 1 atom stereocenters. The van der Waals surface area contributed by atoms with E-state index in [1.54, 1.807) is 29.2 Å². The molecule has 0 saturated carbocycles. The molecule has 5 rings (SSSR count). The second-order valence-electron chi connectivity index (χ2n) is 10.1. The lowest BCUT2D eigenvalue weighted by atomic mass is 9.73. The van der Waals surface area contributed by atoms with Crippen molar-refractivity contribution in [3.63, 3.8) is 0 Å².